The number of hydrogen-bond donors (Lipinski definition) is 2. The van der Waals surface area contributed by atoms with Crippen molar-refractivity contribution in [1.82, 2.24) is 4.72 Å². The molecule has 0 saturated heterocycles. The van der Waals surface area contributed by atoms with Gasteiger partial charge in [-0.1, -0.05) is 44.9 Å². The summed E-state index contributed by atoms with van der Waals surface area (Å²) in [5.41, 5.74) is 0.624. The normalized spacial score (nSPS) is 19.9. The average molecular weight is 509 g/mol. The van der Waals surface area contributed by atoms with Gasteiger partial charge >= 0.3 is 5.97 Å². The molecule has 0 spiro atoms. The number of para-hydroxylation sites is 1. The van der Waals surface area contributed by atoms with Crippen molar-refractivity contribution in [2.24, 2.45) is 0 Å². The number of ether oxygens (including phenoxy) is 1. The van der Waals surface area contributed by atoms with Crippen molar-refractivity contribution in [2.45, 2.75) is 54.9 Å². The molecule has 2 N–H and O–H groups in total. The number of sulfonamides is 1. The molecule has 1 aliphatic rings. The fourth-order valence-electron chi connectivity index (χ4n) is 3.98. The predicted octanol–water partition coefficient (Wildman–Crippen LogP) is 5.45. The highest BCUT2D eigenvalue weighted by Crippen LogP contribution is 2.43. The van der Waals surface area contributed by atoms with Crippen LogP contribution in [0, 0.1) is 0 Å². The van der Waals surface area contributed by atoms with E-state index in [1.807, 2.05) is 42.2 Å². The molecule has 0 bridgehead atoms. The average Bonchev–Trinajstić information content (AvgIpc) is 2.93. The van der Waals surface area contributed by atoms with Crippen LogP contribution in [0.4, 0.5) is 15.8 Å². The Balaban J connectivity index is 2.23. The van der Waals surface area contributed by atoms with E-state index in [1.165, 1.54) is 17.8 Å². The highest BCUT2D eigenvalue weighted by Gasteiger charge is 2.41. The van der Waals surface area contributed by atoms with E-state index in [0.717, 1.165) is 18.5 Å². The summed E-state index contributed by atoms with van der Waals surface area (Å²) in [5, 5.41) is 8.77. The van der Waals surface area contributed by atoms with Crippen molar-refractivity contribution >= 4 is 39.1 Å². The lowest BCUT2D eigenvalue weighted by Gasteiger charge is -2.36. The number of unbranched alkanes of at least 4 members (excludes halogenated alkanes) is 1. The van der Waals surface area contributed by atoms with Crippen LogP contribution in [0.2, 0.25) is 0 Å². The van der Waals surface area contributed by atoms with Crippen LogP contribution in [-0.2, 0) is 14.8 Å². The van der Waals surface area contributed by atoms with Crippen molar-refractivity contribution in [3.63, 3.8) is 0 Å². The third kappa shape index (κ3) is 5.56. The number of carboxylic acid groups (broad SMARTS) is 1. The quantitative estimate of drug-likeness (QED) is 0.264. The van der Waals surface area contributed by atoms with Crippen LogP contribution in [0.3, 0.4) is 0 Å². The second-order valence-electron chi connectivity index (χ2n) is 8.12. The van der Waals surface area contributed by atoms with Gasteiger partial charge in [0.15, 0.2) is 0 Å². The molecule has 2 aromatic carbocycles. The van der Waals surface area contributed by atoms with Gasteiger partial charge in [-0.2, -0.15) is 4.39 Å². The third-order valence-electron chi connectivity index (χ3n) is 5.88. The van der Waals surface area contributed by atoms with E-state index in [-0.39, 0.29) is 10.6 Å². The molecule has 0 aliphatic carbocycles. The van der Waals surface area contributed by atoms with Crippen LogP contribution in [0.15, 0.2) is 64.3 Å². The summed E-state index contributed by atoms with van der Waals surface area (Å²) in [5.74, 6) is -3.20. The molecule has 10 heteroatoms. The number of nitrogens with one attached hydrogen (secondary N) is 1. The van der Waals surface area contributed by atoms with Crippen molar-refractivity contribution < 1.29 is 27.4 Å². The lowest BCUT2D eigenvalue weighted by atomic mass is 9.89. The zero-order valence-corrected chi connectivity index (χ0v) is 21.0. The number of halogens is 1. The van der Waals surface area contributed by atoms with Crippen LogP contribution in [0.25, 0.3) is 0 Å². The van der Waals surface area contributed by atoms with E-state index in [4.69, 9.17) is 9.84 Å². The van der Waals surface area contributed by atoms with Crippen LogP contribution in [0.5, 0.6) is 5.75 Å². The minimum atomic E-state index is -3.98. The van der Waals surface area contributed by atoms with Crippen LogP contribution >= 0.6 is 11.8 Å². The maximum Gasteiger partial charge on any atom is 0.368 e. The molecule has 7 nitrogen and oxygen atoms in total. The number of anilines is 2. The maximum atomic E-state index is 13.6. The van der Waals surface area contributed by atoms with E-state index in [2.05, 4.69) is 11.6 Å². The first-order valence-corrected chi connectivity index (χ1v) is 13.7. The number of fused-ring (bicyclic) bond motifs is 1. The molecule has 0 fully saturated rings. The molecule has 1 heterocycles. The van der Waals surface area contributed by atoms with Gasteiger partial charge < -0.3 is 14.7 Å². The molecule has 1 atom stereocenters. The summed E-state index contributed by atoms with van der Waals surface area (Å²) >= 11 is 1.29. The van der Waals surface area contributed by atoms with Gasteiger partial charge in [0, 0.05) is 18.3 Å². The standard InChI is InChI=1S/C24H29FN2O5S2/c1-4-6-12-24(5-2)16-27(17-10-8-7-9-11-17)19-13-21(33-3)20(32-15-18(25)23(28)29)14-22(19)34(30,31)26-24/h7-11,13-15,26H,4-6,12,16H2,1-3H3,(H,28,29)/b18-15-/t24-/m1/s1. The largest absolute Gasteiger partial charge is 0.476 e. The Bertz CT molecular complexity index is 1170. The van der Waals surface area contributed by atoms with Gasteiger partial charge in [0.2, 0.25) is 15.9 Å². The summed E-state index contributed by atoms with van der Waals surface area (Å²) in [6.07, 6.45) is 5.29. The molecular weight excluding hydrogens is 479 g/mol. The number of aliphatic carboxylic acids is 1. The summed E-state index contributed by atoms with van der Waals surface area (Å²) in [4.78, 5) is 13.3. The van der Waals surface area contributed by atoms with E-state index in [9.17, 15) is 17.6 Å². The van der Waals surface area contributed by atoms with Crippen LogP contribution in [0.1, 0.15) is 39.5 Å². The van der Waals surface area contributed by atoms with E-state index in [1.54, 1.807) is 12.3 Å². The summed E-state index contributed by atoms with van der Waals surface area (Å²) in [6.45, 7) is 4.47. The number of benzene rings is 2. The van der Waals surface area contributed by atoms with E-state index < -0.39 is 27.4 Å². The number of nitrogens with zero attached hydrogens (tertiary/aromatic N) is 1. The fourth-order valence-corrected chi connectivity index (χ4v) is 6.21. The van der Waals surface area contributed by atoms with Crippen molar-refractivity contribution in [3.8, 4) is 5.75 Å². The van der Waals surface area contributed by atoms with Gasteiger partial charge in [0.05, 0.1) is 16.1 Å². The Kier molecular flexibility index (Phi) is 8.27. The number of hydrogen-bond acceptors (Lipinski definition) is 6. The Morgan fingerprint density at radius 3 is 2.59 bits per heavy atom. The molecule has 0 aromatic heterocycles. The molecule has 1 aliphatic heterocycles. The fraction of sp³-hybridized carbons (Fsp3) is 0.375. The van der Waals surface area contributed by atoms with Crippen LogP contribution < -0.4 is 14.4 Å². The van der Waals surface area contributed by atoms with Gasteiger partial charge in [-0.25, -0.2) is 17.9 Å². The molecule has 0 unspecified atom stereocenters. The Morgan fingerprint density at radius 2 is 2.00 bits per heavy atom. The summed E-state index contributed by atoms with van der Waals surface area (Å²) < 4.78 is 49.0. The molecule has 34 heavy (non-hydrogen) atoms. The SMILES string of the molecule is CCCC[C@]1(CC)CN(c2ccccc2)c2cc(SC)c(O/C=C(\F)C(=O)O)cc2S(=O)(=O)N1. The summed E-state index contributed by atoms with van der Waals surface area (Å²) in [6, 6.07) is 12.6. The maximum absolute atomic E-state index is 13.6. The minimum absolute atomic E-state index is 0.0138. The van der Waals surface area contributed by atoms with E-state index in [0.29, 0.717) is 36.2 Å². The highest BCUT2D eigenvalue weighted by atomic mass is 32.2. The first-order chi connectivity index (χ1) is 16.2. The minimum Gasteiger partial charge on any atom is -0.476 e. The first-order valence-electron chi connectivity index (χ1n) is 11.0. The zero-order chi connectivity index (χ0) is 24.9. The van der Waals surface area contributed by atoms with Gasteiger partial charge in [0.25, 0.3) is 0 Å². The molecule has 0 amide bonds. The molecule has 184 valence electrons. The Hall–Kier alpha value is -2.56. The van der Waals surface area contributed by atoms with Crippen molar-refractivity contribution in [1.29, 1.82) is 0 Å². The monoisotopic (exact) mass is 508 g/mol. The predicted molar refractivity (Wildman–Crippen MR) is 132 cm³/mol. The first kappa shape index (κ1) is 26.1. The smallest absolute Gasteiger partial charge is 0.368 e. The Morgan fingerprint density at radius 1 is 1.29 bits per heavy atom. The van der Waals surface area contributed by atoms with Crippen molar-refractivity contribution in [3.05, 3.63) is 54.6 Å². The highest BCUT2D eigenvalue weighted by molar-refractivity contribution is 7.98. The van der Waals surface area contributed by atoms with Gasteiger partial charge in [-0.05, 0) is 37.3 Å². The van der Waals surface area contributed by atoms with Crippen molar-refractivity contribution in [2.75, 3.05) is 17.7 Å². The topological polar surface area (TPSA) is 95.9 Å². The zero-order valence-electron chi connectivity index (χ0n) is 19.4. The van der Waals surface area contributed by atoms with E-state index >= 15 is 0 Å². The second kappa shape index (κ2) is 10.8. The molecule has 2 aromatic rings. The number of carbonyl (C=O) groups is 1. The molecule has 3 rings (SSSR count). The van der Waals surface area contributed by atoms with Gasteiger partial charge in [-0.3, -0.25) is 0 Å². The summed E-state index contributed by atoms with van der Waals surface area (Å²) in [7, 11) is -3.98. The lowest BCUT2D eigenvalue weighted by Crippen LogP contribution is -2.52. The number of rotatable bonds is 9. The van der Waals surface area contributed by atoms with Gasteiger partial charge in [0.1, 0.15) is 16.9 Å². The third-order valence-corrected chi connectivity index (χ3v) is 8.25. The molecule has 0 saturated carbocycles. The Labute approximate surface area is 204 Å². The van der Waals surface area contributed by atoms with Crippen LogP contribution in [-0.4, -0.2) is 37.8 Å². The van der Waals surface area contributed by atoms with Gasteiger partial charge in [-0.15, -0.1) is 11.8 Å². The molecular formula is C24H29FN2O5S2. The molecule has 0 radical (unpaired) electrons. The lowest BCUT2D eigenvalue weighted by molar-refractivity contribution is -0.134. The number of thioether (sulfide) groups is 1. The number of carboxylic acids is 1. The second-order valence-corrected chi connectivity index (χ2v) is 10.6.